The Labute approximate surface area is 189 Å². The molecule has 0 aromatic heterocycles. The molecule has 0 saturated carbocycles. The molecule has 0 radical (unpaired) electrons. The minimum Gasteiger partial charge on any atom is -0.492 e. The molecule has 8 heteroatoms. The molecule has 2 aromatic carbocycles. The smallest absolute Gasteiger partial charge is 0.293 e. The predicted octanol–water partition coefficient (Wildman–Crippen LogP) is 5.70. The number of rotatable bonds is 6. The summed E-state index contributed by atoms with van der Waals surface area (Å²) in [6.07, 6.45) is 1.72. The van der Waals surface area contributed by atoms with Crippen molar-refractivity contribution in [3.8, 4) is 11.5 Å². The predicted molar refractivity (Wildman–Crippen MR) is 123 cm³/mol. The van der Waals surface area contributed by atoms with Crippen molar-refractivity contribution in [3.05, 3.63) is 60.5 Å². The van der Waals surface area contributed by atoms with Crippen LogP contribution >= 0.6 is 50.3 Å². The molecule has 1 saturated heterocycles. The normalized spacial score (nSPS) is 15.4. The standard InChI is InChI=1S/C20H17BrINO4S/c1-3-27-16-9-12(8-15(22)18(16)26-2)10-17-19(24)23(20(25)28-17)11-13-6-4-5-7-14(13)21/h4-10H,3,11H2,1-2H3/b17-10+. The van der Waals surface area contributed by atoms with Crippen molar-refractivity contribution in [3.63, 3.8) is 0 Å². The summed E-state index contributed by atoms with van der Waals surface area (Å²) in [5.41, 5.74) is 1.66. The van der Waals surface area contributed by atoms with Crippen LogP contribution in [0.5, 0.6) is 11.5 Å². The van der Waals surface area contributed by atoms with Crippen LogP contribution in [0.4, 0.5) is 4.79 Å². The van der Waals surface area contributed by atoms with Gasteiger partial charge in [-0.15, -0.1) is 0 Å². The lowest BCUT2D eigenvalue weighted by Gasteiger charge is -2.13. The Kier molecular flexibility index (Phi) is 7.05. The Hall–Kier alpha value is -1.52. The molecule has 146 valence electrons. The number of hydrogen-bond donors (Lipinski definition) is 0. The highest BCUT2D eigenvalue weighted by Gasteiger charge is 2.35. The van der Waals surface area contributed by atoms with Crippen molar-refractivity contribution in [1.29, 1.82) is 0 Å². The van der Waals surface area contributed by atoms with Gasteiger partial charge in [0.15, 0.2) is 11.5 Å². The van der Waals surface area contributed by atoms with Crippen LogP contribution in [0.2, 0.25) is 0 Å². The molecule has 0 N–H and O–H groups in total. The molecular formula is C20H17BrINO4S. The summed E-state index contributed by atoms with van der Waals surface area (Å²) in [5, 5.41) is -0.278. The average molecular weight is 574 g/mol. The number of halogens is 2. The third kappa shape index (κ3) is 4.55. The number of benzene rings is 2. The van der Waals surface area contributed by atoms with Crippen LogP contribution < -0.4 is 9.47 Å². The number of carbonyl (C=O) groups is 2. The van der Waals surface area contributed by atoms with E-state index in [1.807, 2.05) is 43.3 Å². The quantitative estimate of drug-likeness (QED) is 0.328. The summed E-state index contributed by atoms with van der Waals surface area (Å²) in [6, 6.07) is 11.2. The summed E-state index contributed by atoms with van der Waals surface area (Å²) in [6.45, 7) is 2.62. The fraction of sp³-hybridized carbons (Fsp3) is 0.200. The van der Waals surface area contributed by atoms with Crippen LogP contribution in [0.3, 0.4) is 0 Å². The molecule has 1 heterocycles. The number of imide groups is 1. The summed E-state index contributed by atoms with van der Waals surface area (Å²) in [4.78, 5) is 26.8. The van der Waals surface area contributed by atoms with E-state index in [0.717, 1.165) is 30.9 Å². The summed E-state index contributed by atoms with van der Waals surface area (Å²) in [5.74, 6) is 0.965. The van der Waals surface area contributed by atoms with E-state index in [9.17, 15) is 9.59 Å². The fourth-order valence-electron chi connectivity index (χ4n) is 2.72. The molecule has 28 heavy (non-hydrogen) atoms. The first-order valence-electron chi connectivity index (χ1n) is 8.43. The zero-order valence-corrected chi connectivity index (χ0v) is 19.8. The molecule has 0 bridgehead atoms. The zero-order chi connectivity index (χ0) is 20.3. The molecule has 2 amide bonds. The maximum atomic E-state index is 12.8. The minimum atomic E-state index is -0.297. The van der Waals surface area contributed by atoms with Gasteiger partial charge in [-0.1, -0.05) is 34.1 Å². The molecule has 3 rings (SSSR count). The van der Waals surface area contributed by atoms with E-state index < -0.39 is 0 Å². The zero-order valence-electron chi connectivity index (χ0n) is 15.2. The van der Waals surface area contributed by atoms with Crippen molar-refractivity contribution in [1.82, 2.24) is 4.90 Å². The van der Waals surface area contributed by atoms with Crippen molar-refractivity contribution < 1.29 is 19.1 Å². The second kappa shape index (κ2) is 9.32. The van der Waals surface area contributed by atoms with Crippen molar-refractivity contribution in [2.24, 2.45) is 0 Å². The Balaban J connectivity index is 1.88. The van der Waals surface area contributed by atoms with Gasteiger partial charge in [-0.3, -0.25) is 14.5 Å². The van der Waals surface area contributed by atoms with E-state index in [1.54, 1.807) is 13.2 Å². The summed E-state index contributed by atoms with van der Waals surface area (Å²) >= 11 is 6.57. The molecule has 5 nitrogen and oxygen atoms in total. The van der Waals surface area contributed by atoms with Crippen molar-refractivity contribution in [2.45, 2.75) is 13.5 Å². The molecule has 0 unspecified atom stereocenters. The number of thioether (sulfide) groups is 1. The first kappa shape index (κ1) is 21.2. The number of hydrogen-bond acceptors (Lipinski definition) is 5. The van der Waals surface area contributed by atoms with E-state index in [-0.39, 0.29) is 17.7 Å². The first-order chi connectivity index (χ1) is 13.4. The second-order valence-corrected chi connectivity index (χ2v) is 8.84. The van der Waals surface area contributed by atoms with Gasteiger partial charge >= 0.3 is 0 Å². The third-order valence-electron chi connectivity index (χ3n) is 3.99. The third-order valence-corrected chi connectivity index (χ3v) is 6.48. The molecule has 0 spiro atoms. The molecule has 2 aromatic rings. The molecule has 1 fully saturated rings. The van der Waals surface area contributed by atoms with Crippen molar-refractivity contribution in [2.75, 3.05) is 13.7 Å². The minimum absolute atomic E-state index is 0.230. The van der Waals surface area contributed by atoms with Gasteiger partial charge in [-0.25, -0.2) is 0 Å². The van der Waals surface area contributed by atoms with E-state index >= 15 is 0 Å². The van der Waals surface area contributed by atoms with Crippen molar-refractivity contribution >= 4 is 67.5 Å². The number of nitrogens with zero attached hydrogens (tertiary/aromatic N) is 1. The molecule has 0 atom stereocenters. The molecule has 0 aliphatic carbocycles. The Bertz CT molecular complexity index is 963. The SMILES string of the molecule is CCOc1cc(/C=C2/SC(=O)N(Cc3ccccc3Br)C2=O)cc(I)c1OC. The van der Waals surface area contributed by atoms with Crippen LogP contribution in [0, 0.1) is 3.57 Å². The monoisotopic (exact) mass is 573 g/mol. The van der Waals surface area contributed by atoms with Crippen LogP contribution in [0.1, 0.15) is 18.1 Å². The molecule has 1 aliphatic heterocycles. The number of carbonyl (C=O) groups excluding carboxylic acids is 2. The van der Waals surface area contributed by atoms with Gasteiger partial charge in [0.2, 0.25) is 0 Å². The van der Waals surface area contributed by atoms with Gasteiger partial charge < -0.3 is 9.47 Å². The van der Waals surface area contributed by atoms with Gasteiger partial charge in [0, 0.05) is 4.47 Å². The highest BCUT2D eigenvalue weighted by molar-refractivity contribution is 14.1. The second-order valence-electron chi connectivity index (χ2n) is 5.83. The maximum Gasteiger partial charge on any atom is 0.293 e. The number of methoxy groups -OCH3 is 1. The van der Waals surface area contributed by atoms with Gasteiger partial charge in [-0.2, -0.15) is 0 Å². The lowest BCUT2D eigenvalue weighted by molar-refractivity contribution is -0.123. The number of amides is 2. The van der Waals surface area contributed by atoms with Crippen LogP contribution in [0.25, 0.3) is 6.08 Å². The van der Waals surface area contributed by atoms with Crippen LogP contribution in [0.15, 0.2) is 45.8 Å². The molecule has 1 aliphatic rings. The van der Waals surface area contributed by atoms with E-state index in [2.05, 4.69) is 38.5 Å². The largest absolute Gasteiger partial charge is 0.492 e. The highest BCUT2D eigenvalue weighted by Crippen LogP contribution is 2.38. The summed E-state index contributed by atoms with van der Waals surface area (Å²) in [7, 11) is 1.59. The Morgan fingerprint density at radius 1 is 1.25 bits per heavy atom. The molecular weight excluding hydrogens is 557 g/mol. The first-order valence-corrected chi connectivity index (χ1v) is 11.1. The lowest BCUT2D eigenvalue weighted by Crippen LogP contribution is -2.27. The van der Waals surface area contributed by atoms with Gasteiger partial charge in [0.25, 0.3) is 11.1 Å². The van der Waals surface area contributed by atoms with E-state index in [4.69, 9.17) is 9.47 Å². The Morgan fingerprint density at radius 2 is 2.00 bits per heavy atom. The average Bonchev–Trinajstić information content (AvgIpc) is 2.91. The topological polar surface area (TPSA) is 55.8 Å². The lowest BCUT2D eigenvalue weighted by atomic mass is 10.1. The van der Waals surface area contributed by atoms with Crippen LogP contribution in [-0.2, 0) is 11.3 Å². The van der Waals surface area contributed by atoms with Gasteiger partial charge in [0.05, 0.1) is 28.7 Å². The highest BCUT2D eigenvalue weighted by atomic mass is 127. The van der Waals surface area contributed by atoms with Crippen LogP contribution in [-0.4, -0.2) is 29.8 Å². The number of ether oxygens (including phenoxy) is 2. The fourth-order valence-corrected chi connectivity index (χ4v) is 4.81. The van der Waals surface area contributed by atoms with Gasteiger partial charge in [-0.05, 0) is 76.7 Å². The maximum absolute atomic E-state index is 12.8. The van der Waals surface area contributed by atoms with E-state index in [0.29, 0.717) is 23.0 Å². The summed E-state index contributed by atoms with van der Waals surface area (Å²) < 4.78 is 12.8. The van der Waals surface area contributed by atoms with Gasteiger partial charge in [0.1, 0.15) is 0 Å². The Morgan fingerprint density at radius 3 is 2.68 bits per heavy atom. The van der Waals surface area contributed by atoms with E-state index in [1.165, 1.54) is 4.90 Å².